The van der Waals surface area contributed by atoms with Crippen LogP contribution in [0.5, 0.6) is 0 Å². The highest BCUT2D eigenvalue weighted by atomic mass is 32.1. The molecule has 252 valence electrons. The lowest BCUT2D eigenvalue weighted by Crippen LogP contribution is -2.48. The summed E-state index contributed by atoms with van der Waals surface area (Å²) in [5.74, 6) is -1.14. The third-order valence-corrected chi connectivity index (χ3v) is 9.58. The molecule has 2 N–H and O–H groups in total. The highest BCUT2D eigenvalue weighted by Gasteiger charge is 2.48. The van der Waals surface area contributed by atoms with Gasteiger partial charge in [-0.3, -0.25) is 24.1 Å². The standard InChI is InChI=1S/C35H45N5O6S/c1-23(2)15-29(32(42)35(3)9-10-35)38-33(43)25(16-24-7-5-4-6-8-24)17-31(41)28(18-26-21-47-22-36-26)37-34(44)30-19-27(46-39-30)20-40-11-13-45-14-12-40/h4-8,19,21-23,25,28-29H,9-18,20H2,1-3H3,(H,37,44)(H,38,43)/t25-,28+,29+/m1/s1. The van der Waals surface area contributed by atoms with Gasteiger partial charge < -0.3 is 19.9 Å². The summed E-state index contributed by atoms with van der Waals surface area (Å²) in [7, 11) is 0. The molecular formula is C35H45N5O6S. The van der Waals surface area contributed by atoms with Crippen LogP contribution in [0.25, 0.3) is 0 Å². The number of amides is 2. The Labute approximate surface area is 279 Å². The van der Waals surface area contributed by atoms with Crippen molar-refractivity contribution in [1.29, 1.82) is 0 Å². The molecule has 1 aliphatic carbocycles. The Kier molecular flexibility index (Phi) is 11.7. The molecule has 47 heavy (non-hydrogen) atoms. The number of ketones is 2. The number of hydrogen-bond donors (Lipinski definition) is 2. The minimum atomic E-state index is -0.950. The van der Waals surface area contributed by atoms with Gasteiger partial charge in [-0.2, -0.15) is 0 Å². The largest absolute Gasteiger partial charge is 0.379 e. The molecule has 2 fully saturated rings. The lowest BCUT2D eigenvalue weighted by atomic mass is 9.88. The lowest BCUT2D eigenvalue weighted by Gasteiger charge is -2.26. The van der Waals surface area contributed by atoms with Crippen LogP contribution in [0.1, 0.15) is 74.0 Å². The zero-order valence-corrected chi connectivity index (χ0v) is 28.2. The smallest absolute Gasteiger partial charge is 0.274 e. The van der Waals surface area contributed by atoms with E-state index >= 15 is 0 Å². The molecule has 2 aromatic heterocycles. The number of hydrogen-bond acceptors (Lipinski definition) is 10. The van der Waals surface area contributed by atoms with Gasteiger partial charge in [-0.15, -0.1) is 11.3 Å². The number of morpholine rings is 1. The molecule has 5 rings (SSSR count). The van der Waals surface area contributed by atoms with E-state index in [0.29, 0.717) is 44.1 Å². The fourth-order valence-corrected chi connectivity index (χ4v) is 6.46. The first-order valence-corrected chi connectivity index (χ1v) is 17.4. The topological polar surface area (TPSA) is 144 Å². The Morgan fingerprint density at radius 2 is 1.77 bits per heavy atom. The summed E-state index contributed by atoms with van der Waals surface area (Å²) in [6.45, 7) is 9.30. The predicted molar refractivity (Wildman–Crippen MR) is 177 cm³/mol. The first-order chi connectivity index (χ1) is 22.6. The summed E-state index contributed by atoms with van der Waals surface area (Å²) < 4.78 is 10.8. The first-order valence-electron chi connectivity index (χ1n) is 16.4. The van der Waals surface area contributed by atoms with Gasteiger partial charge in [-0.05, 0) is 37.2 Å². The number of carbonyl (C=O) groups excluding carboxylic acids is 4. The van der Waals surface area contributed by atoms with Crippen molar-refractivity contribution >= 4 is 34.7 Å². The van der Waals surface area contributed by atoms with Crippen molar-refractivity contribution in [2.24, 2.45) is 17.3 Å². The molecule has 1 aliphatic heterocycles. The summed E-state index contributed by atoms with van der Waals surface area (Å²) in [6, 6.07) is 9.53. The number of Topliss-reactive ketones (excluding diaryl/α,β-unsaturated/α-hetero) is 2. The van der Waals surface area contributed by atoms with Crippen LogP contribution in [0.15, 0.2) is 51.8 Å². The SMILES string of the molecule is CC(C)C[C@H](NC(=O)[C@@H](CC(=O)[C@H](Cc1cscn1)NC(=O)c1cc(CN2CCOCC2)on1)Cc1ccccc1)C(=O)C1(C)CC1. The van der Waals surface area contributed by atoms with Crippen LogP contribution in [-0.2, 0) is 38.5 Å². The first kappa shape index (κ1) is 34.6. The Morgan fingerprint density at radius 1 is 1.02 bits per heavy atom. The quantitative estimate of drug-likeness (QED) is 0.219. The maximum absolute atomic E-state index is 14.0. The number of benzene rings is 1. The molecule has 2 aliphatic rings. The Hall–Kier alpha value is -3.74. The van der Waals surface area contributed by atoms with Crippen LogP contribution in [-0.4, -0.2) is 76.8 Å². The van der Waals surface area contributed by atoms with Gasteiger partial charge in [-0.1, -0.05) is 56.3 Å². The zero-order chi connectivity index (χ0) is 33.4. The van der Waals surface area contributed by atoms with Crippen LogP contribution < -0.4 is 10.6 Å². The van der Waals surface area contributed by atoms with Gasteiger partial charge in [0.05, 0.1) is 43.0 Å². The van der Waals surface area contributed by atoms with Crippen molar-refractivity contribution in [1.82, 2.24) is 25.7 Å². The van der Waals surface area contributed by atoms with Crippen LogP contribution >= 0.6 is 11.3 Å². The van der Waals surface area contributed by atoms with E-state index in [-0.39, 0.29) is 41.9 Å². The van der Waals surface area contributed by atoms with Crippen molar-refractivity contribution in [2.75, 3.05) is 26.3 Å². The van der Waals surface area contributed by atoms with Gasteiger partial charge in [0, 0.05) is 48.7 Å². The van der Waals surface area contributed by atoms with E-state index in [4.69, 9.17) is 9.26 Å². The molecule has 1 saturated carbocycles. The Bertz CT molecular complexity index is 1500. The van der Waals surface area contributed by atoms with Gasteiger partial charge in [-0.25, -0.2) is 4.98 Å². The molecule has 3 heterocycles. The molecule has 0 spiro atoms. The van der Waals surface area contributed by atoms with Crippen molar-refractivity contribution in [2.45, 2.75) is 77.9 Å². The highest BCUT2D eigenvalue weighted by Crippen LogP contribution is 2.47. The van der Waals surface area contributed by atoms with E-state index in [1.54, 1.807) is 11.6 Å². The number of nitrogens with one attached hydrogen (secondary N) is 2. The van der Waals surface area contributed by atoms with Gasteiger partial charge in [0.1, 0.15) is 0 Å². The van der Waals surface area contributed by atoms with Crippen LogP contribution in [0.4, 0.5) is 0 Å². The summed E-state index contributed by atoms with van der Waals surface area (Å²) in [5.41, 5.74) is 2.91. The summed E-state index contributed by atoms with van der Waals surface area (Å²) in [6.07, 6.45) is 2.51. The van der Waals surface area contributed by atoms with Crippen LogP contribution in [0.3, 0.4) is 0 Å². The molecule has 0 bridgehead atoms. The van der Waals surface area contributed by atoms with E-state index < -0.39 is 29.3 Å². The number of rotatable bonds is 17. The highest BCUT2D eigenvalue weighted by molar-refractivity contribution is 7.07. The molecule has 2 amide bonds. The molecule has 12 heteroatoms. The molecule has 1 aromatic carbocycles. The number of thiazole rings is 1. The molecule has 3 aromatic rings. The number of nitrogens with zero attached hydrogens (tertiary/aromatic N) is 3. The van der Waals surface area contributed by atoms with E-state index in [0.717, 1.165) is 31.5 Å². The minimum Gasteiger partial charge on any atom is -0.379 e. The molecule has 3 atom stereocenters. The number of aromatic nitrogens is 2. The van der Waals surface area contributed by atoms with Crippen LogP contribution in [0, 0.1) is 17.3 Å². The molecule has 0 radical (unpaired) electrons. The molecular weight excluding hydrogens is 618 g/mol. The molecule has 1 saturated heterocycles. The maximum atomic E-state index is 14.0. The fourth-order valence-electron chi connectivity index (χ4n) is 5.89. The third-order valence-electron chi connectivity index (χ3n) is 8.94. The van der Waals surface area contributed by atoms with Crippen LogP contribution in [0.2, 0.25) is 0 Å². The zero-order valence-electron chi connectivity index (χ0n) is 27.4. The van der Waals surface area contributed by atoms with E-state index in [1.807, 2.05) is 56.5 Å². The second kappa shape index (κ2) is 15.9. The van der Waals surface area contributed by atoms with E-state index in [2.05, 4.69) is 25.7 Å². The molecule has 11 nitrogen and oxygen atoms in total. The predicted octanol–water partition coefficient (Wildman–Crippen LogP) is 4.02. The average Bonchev–Trinajstić information content (AvgIpc) is 3.39. The second-order valence-corrected chi connectivity index (χ2v) is 14.2. The van der Waals surface area contributed by atoms with E-state index in [1.165, 1.54) is 11.3 Å². The van der Waals surface area contributed by atoms with Crippen molar-refractivity contribution < 1.29 is 28.4 Å². The summed E-state index contributed by atoms with van der Waals surface area (Å²) in [4.78, 5) is 61.2. The number of ether oxygens (including phenoxy) is 1. The van der Waals surface area contributed by atoms with Gasteiger partial charge in [0.25, 0.3) is 5.91 Å². The Balaban J connectivity index is 1.32. The van der Waals surface area contributed by atoms with Crippen molar-refractivity contribution in [3.63, 3.8) is 0 Å². The van der Waals surface area contributed by atoms with Crippen molar-refractivity contribution in [3.8, 4) is 0 Å². The van der Waals surface area contributed by atoms with Gasteiger partial charge >= 0.3 is 0 Å². The van der Waals surface area contributed by atoms with Crippen molar-refractivity contribution in [3.05, 3.63) is 70.0 Å². The normalized spacial score (nSPS) is 17.9. The third kappa shape index (κ3) is 9.88. The maximum Gasteiger partial charge on any atom is 0.274 e. The van der Waals surface area contributed by atoms with E-state index in [9.17, 15) is 19.2 Å². The summed E-state index contributed by atoms with van der Waals surface area (Å²) >= 11 is 1.40. The second-order valence-electron chi connectivity index (χ2n) is 13.4. The number of carbonyl (C=O) groups is 4. The summed E-state index contributed by atoms with van der Waals surface area (Å²) in [5, 5.41) is 11.7. The monoisotopic (exact) mass is 663 g/mol. The Morgan fingerprint density at radius 3 is 2.43 bits per heavy atom. The van der Waals surface area contributed by atoms with Gasteiger partial charge in [0.15, 0.2) is 23.0 Å². The lowest BCUT2D eigenvalue weighted by molar-refractivity contribution is -0.134. The van der Waals surface area contributed by atoms with Gasteiger partial charge in [0.2, 0.25) is 5.91 Å². The minimum absolute atomic E-state index is 0.0543. The molecule has 0 unspecified atom stereocenters. The fraction of sp³-hybridized carbons (Fsp3) is 0.543. The average molecular weight is 664 g/mol.